The van der Waals surface area contributed by atoms with Crippen molar-refractivity contribution in [2.75, 3.05) is 32.4 Å². The lowest BCUT2D eigenvalue weighted by Gasteiger charge is -2.33. The molecule has 0 aromatic rings. The first kappa shape index (κ1) is 15.1. The van der Waals surface area contributed by atoms with Crippen LogP contribution in [0, 0.1) is 5.92 Å². The smallest absolute Gasteiger partial charge is 0.313 e. The standard InChI is InChI=1S/C11H21F3N2S/c1-9(10-3-6-16(2)7-4-10)15-5-8-17-11(12,13)14/h9-10,15H,3-8H2,1-2H3. The van der Waals surface area contributed by atoms with E-state index in [1.807, 2.05) is 0 Å². The number of likely N-dealkylation sites (tertiary alicyclic amines) is 1. The maximum Gasteiger partial charge on any atom is 0.441 e. The maximum atomic E-state index is 11.9. The lowest BCUT2D eigenvalue weighted by Crippen LogP contribution is -2.41. The number of alkyl halides is 3. The van der Waals surface area contributed by atoms with E-state index >= 15 is 0 Å². The third-order valence-corrected chi connectivity index (χ3v) is 4.04. The number of hydrogen-bond acceptors (Lipinski definition) is 3. The van der Waals surface area contributed by atoms with Crippen LogP contribution in [0.15, 0.2) is 0 Å². The SMILES string of the molecule is CC(NCCSC(F)(F)F)C1CCN(C)CC1. The van der Waals surface area contributed by atoms with Crippen LogP contribution in [-0.2, 0) is 0 Å². The average molecular weight is 270 g/mol. The molecule has 2 nitrogen and oxygen atoms in total. The number of halogens is 3. The predicted molar refractivity (Wildman–Crippen MR) is 66.2 cm³/mol. The zero-order valence-electron chi connectivity index (χ0n) is 10.4. The number of piperidine rings is 1. The zero-order valence-corrected chi connectivity index (χ0v) is 11.2. The molecule has 17 heavy (non-hydrogen) atoms. The van der Waals surface area contributed by atoms with Crippen molar-refractivity contribution in [3.8, 4) is 0 Å². The van der Waals surface area contributed by atoms with Crippen LogP contribution in [-0.4, -0.2) is 48.9 Å². The van der Waals surface area contributed by atoms with Crippen molar-refractivity contribution in [3.05, 3.63) is 0 Å². The van der Waals surface area contributed by atoms with Gasteiger partial charge in [-0.15, -0.1) is 0 Å². The fraction of sp³-hybridized carbons (Fsp3) is 1.00. The zero-order chi connectivity index (χ0) is 12.9. The van der Waals surface area contributed by atoms with Gasteiger partial charge in [-0.1, -0.05) is 0 Å². The molecule has 0 aromatic carbocycles. The Kier molecular flexibility index (Phi) is 6.09. The van der Waals surface area contributed by atoms with E-state index in [4.69, 9.17) is 0 Å². The van der Waals surface area contributed by atoms with Gasteiger partial charge in [0, 0.05) is 18.3 Å². The lowest BCUT2D eigenvalue weighted by molar-refractivity contribution is -0.0327. The number of rotatable bonds is 5. The first-order chi connectivity index (χ1) is 7.88. The first-order valence-corrected chi connectivity index (χ1v) is 6.99. The largest absolute Gasteiger partial charge is 0.441 e. The van der Waals surface area contributed by atoms with Gasteiger partial charge in [-0.2, -0.15) is 13.2 Å². The van der Waals surface area contributed by atoms with Crippen LogP contribution in [0.2, 0.25) is 0 Å². The van der Waals surface area contributed by atoms with E-state index in [9.17, 15) is 13.2 Å². The van der Waals surface area contributed by atoms with Gasteiger partial charge >= 0.3 is 5.51 Å². The van der Waals surface area contributed by atoms with E-state index in [1.165, 1.54) is 0 Å². The van der Waals surface area contributed by atoms with Crippen LogP contribution in [0.3, 0.4) is 0 Å². The van der Waals surface area contributed by atoms with Crippen LogP contribution < -0.4 is 5.32 Å². The van der Waals surface area contributed by atoms with Crippen LogP contribution in [0.4, 0.5) is 13.2 Å². The summed E-state index contributed by atoms with van der Waals surface area (Å²) in [5.74, 6) is 0.697. The minimum absolute atomic E-state index is 0.0519. The van der Waals surface area contributed by atoms with Gasteiger partial charge in [0.25, 0.3) is 0 Å². The summed E-state index contributed by atoms with van der Waals surface area (Å²) in [6.07, 6.45) is 2.27. The van der Waals surface area contributed by atoms with E-state index in [-0.39, 0.29) is 17.5 Å². The molecule has 1 N–H and O–H groups in total. The Morgan fingerprint density at radius 3 is 2.47 bits per heavy atom. The van der Waals surface area contributed by atoms with E-state index < -0.39 is 5.51 Å². The van der Waals surface area contributed by atoms with Crippen LogP contribution in [0.5, 0.6) is 0 Å². The van der Waals surface area contributed by atoms with E-state index in [0.29, 0.717) is 18.5 Å². The molecular weight excluding hydrogens is 249 g/mol. The summed E-state index contributed by atoms with van der Waals surface area (Å²) in [6, 6.07) is 0.317. The minimum atomic E-state index is -4.10. The highest BCUT2D eigenvalue weighted by atomic mass is 32.2. The Morgan fingerprint density at radius 2 is 1.94 bits per heavy atom. The topological polar surface area (TPSA) is 15.3 Å². The molecule has 0 aliphatic carbocycles. The van der Waals surface area contributed by atoms with Crippen LogP contribution >= 0.6 is 11.8 Å². The van der Waals surface area contributed by atoms with Gasteiger partial charge in [0.1, 0.15) is 0 Å². The molecule has 102 valence electrons. The summed E-state index contributed by atoms with van der Waals surface area (Å²) in [5, 5.41) is 3.20. The van der Waals surface area contributed by atoms with Crippen molar-refractivity contribution in [2.45, 2.75) is 31.3 Å². The first-order valence-electron chi connectivity index (χ1n) is 6.01. The molecule has 1 heterocycles. The molecule has 0 radical (unpaired) electrons. The third kappa shape index (κ3) is 6.52. The molecule has 0 amide bonds. The van der Waals surface area contributed by atoms with Gasteiger partial charge in [0.05, 0.1) is 0 Å². The van der Waals surface area contributed by atoms with Crippen molar-refractivity contribution in [1.82, 2.24) is 10.2 Å². The number of nitrogens with one attached hydrogen (secondary N) is 1. The molecule has 1 aliphatic rings. The Morgan fingerprint density at radius 1 is 1.35 bits per heavy atom. The van der Waals surface area contributed by atoms with Gasteiger partial charge in [-0.3, -0.25) is 0 Å². The average Bonchev–Trinajstić information content (AvgIpc) is 2.24. The summed E-state index contributed by atoms with van der Waals surface area (Å²) >= 11 is 0.0519. The van der Waals surface area contributed by atoms with Crippen LogP contribution in [0.25, 0.3) is 0 Å². The molecule has 1 fully saturated rings. The monoisotopic (exact) mass is 270 g/mol. The van der Waals surface area contributed by atoms with Crippen LogP contribution in [0.1, 0.15) is 19.8 Å². The van der Waals surface area contributed by atoms with Gasteiger partial charge < -0.3 is 10.2 Å². The van der Waals surface area contributed by atoms with Crippen molar-refractivity contribution >= 4 is 11.8 Å². The predicted octanol–water partition coefficient (Wildman–Crippen LogP) is 2.56. The molecule has 1 aliphatic heterocycles. The second kappa shape index (κ2) is 6.85. The molecule has 0 bridgehead atoms. The Hall–Kier alpha value is 0.0600. The summed E-state index contributed by atoms with van der Waals surface area (Å²) in [6.45, 7) is 4.69. The highest BCUT2D eigenvalue weighted by Gasteiger charge is 2.27. The number of thioether (sulfide) groups is 1. The second-order valence-electron chi connectivity index (χ2n) is 4.68. The summed E-state index contributed by atoms with van der Waals surface area (Å²) in [5.41, 5.74) is -4.10. The fourth-order valence-electron chi connectivity index (χ4n) is 2.15. The van der Waals surface area contributed by atoms with Crippen molar-refractivity contribution < 1.29 is 13.2 Å². The van der Waals surface area contributed by atoms with E-state index in [2.05, 4.69) is 24.2 Å². The normalized spacial score (nSPS) is 21.7. The maximum absolute atomic E-state index is 11.9. The van der Waals surface area contributed by atoms with E-state index in [1.54, 1.807) is 0 Å². The minimum Gasteiger partial charge on any atom is -0.313 e. The van der Waals surface area contributed by atoms with Crippen molar-refractivity contribution in [3.63, 3.8) is 0 Å². The number of nitrogens with zero attached hydrogens (tertiary/aromatic N) is 1. The summed E-state index contributed by atoms with van der Waals surface area (Å²) in [7, 11) is 2.11. The second-order valence-corrected chi connectivity index (χ2v) is 5.84. The fourth-order valence-corrected chi connectivity index (χ4v) is 2.60. The Bertz CT molecular complexity index is 215. The summed E-state index contributed by atoms with van der Waals surface area (Å²) in [4.78, 5) is 2.29. The number of hydrogen-bond donors (Lipinski definition) is 1. The van der Waals surface area contributed by atoms with Gasteiger partial charge in [0.2, 0.25) is 0 Å². The summed E-state index contributed by atoms with van der Waals surface area (Å²) < 4.78 is 35.7. The third-order valence-electron chi connectivity index (χ3n) is 3.30. The van der Waals surface area contributed by atoms with E-state index in [0.717, 1.165) is 25.9 Å². The van der Waals surface area contributed by atoms with Gasteiger partial charge in [-0.25, -0.2) is 0 Å². The lowest BCUT2D eigenvalue weighted by atomic mass is 9.90. The molecule has 0 saturated carbocycles. The van der Waals surface area contributed by atoms with Crippen molar-refractivity contribution in [1.29, 1.82) is 0 Å². The molecule has 0 aromatic heterocycles. The molecular formula is C11H21F3N2S. The van der Waals surface area contributed by atoms with Gasteiger partial charge in [0.15, 0.2) is 0 Å². The quantitative estimate of drug-likeness (QED) is 0.773. The molecule has 1 saturated heterocycles. The van der Waals surface area contributed by atoms with Crippen molar-refractivity contribution in [2.24, 2.45) is 5.92 Å². The van der Waals surface area contributed by atoms with Gasteiger partial charge in [-0.05, 0) is 57.6 Å². The molecule has 0 spiro atoms. The molecule has 1 unspecified atom stereocenters. The highest BCUT2D eigenvalue weighted by molar-refractivity contribution is 8.00. The Labute approximate surface area is 105 Å². The molecule has 6 heteroatoms. The Balaban J connectivity index is 2.10. The molecule has 1 atom stereocenters. The molecule has 1 rings (SSSR count). The highest BCUT2D eigenvalue weighted by Crippen LogP contribution is 2.29.